The maximum Gasteiger partial charge on any atom is 0.0639 e. The van der Waals surface area contributed by atoms with Crippen molar-refractivity contribution in [2.45, 2.75) is 12.0 Å². The molecule has 134 valence electrons. The minimum absolute atomic E-state index is 0.322. The molecule has 1 N–H and O–H groups in total. The molecule has 3 aromatic carbocycles. The molecule has 1 aromatic heterocycles. The van der Waals surface area contributed by atoms with E-state index in [-0.39, 0.29) is 0 Å². The first-order valence-electron chi connectivity index (χ1n) is 9.79. The van der Waals surface area contributed by atoms with Crippen molar-refractivity contribution >= 4 is 11.8 Å². The molecule has 0 spiro atoms. The Balaban J connectivity index is 1.37. The van der Waals surface area contributed by atoms with Gasteiger partial charge in [0.15, 0.2) is 0 Å². The van der Waals surface area contributed by atoms with Crippen molar-refractivity contribution in [1.82, 2.24) is 4.57 Å². The quantitative estimate of drug-likeness (QED) is 0.436. The number of rotatable bonds is 2. The van der Waals surface area contributed by atoms with Crippen LogP contribution in [0.1, 0.15) is 28.8 Å². The fourth-order valence-corrected chi connectivity index (χ4v) is 4.61. The number of hydrogen-bond acceptors (Lipinski definition) is 1. The Morgan fingerprint density at radius 1 is 0.679 bits per heavy atom. The zero-order valence-electron chi connectivity index (χ0n) is 15.4. The number of nitrogens with one attached hydrogen (secondary N) is 1. The van der Waals surface area contributed by atoms with Crippen LogP contribution in [0.5, 0.6) is 0 Å². The second-order valence-electron chi connectivity index (χ2n) is 7.53. The number of hydrogen-bond donors (Lipinski definition) is 1. The molecular weight excluding hydrogens is 340 g/mol. The van der Waals surface area contributed by atoms with E-state index >= 15 is 0 Å². The Morgan fingerprint density at radius 2 is 1.43 bits per heavy atom. The third-order valence-electron chi connectivity index (χ3n) is 6.00. The molecule has 0 saturated heterocycles. The minimum atomic E-state index is 0.322. The highest BCUT2D eigenvalue weighted by Crippen LogP contribution is 2.48. The van der Waals surface area contributed by atoms with Gasteiger partial charge in [-0.15, -0.1) is 0 Å². The van der Waals surface area contributed by atoms with E-state index in [1.54, 1.807) is 0 Å². The molecule has 0 amide bonds. The molecular formula is C26H20N2. The molecule has 2 unspecified atom stereocenters. The van der Waals surface area contributed by atoms with E-state index in [2.05, 4.69) is 113 Å². The molecule has 1 aliphatic carbocycles. The second kappa shape index (κ2) is 6.00. The molecule has 0 radical (unpaired) electrons. The van der Waals surface area contributed by atoms with Crippen molar-refractivity contribution in [1.29, 1.82) is 0 Å². The molecule has 0 saturated carbocycles. The average molecular weight is 360 g/mol. The van der Waals surface area contributed by atoms with Crippen molar-refractivity contribution in [3.05, 3.63) is 114 Å². The van der Waals surface area contributed by atoms with Crippen LogP contribution in [0, 0.1) is 0 Å². The van der Waals surface area contributed by atoms with E-state index in [9.17, 15) is 0 Å². The van der Waals surface area contributed by atoms with Crippen LogP contribution >= 0.6 is 0 Å². The summed E-state index contributed by atoms with van der Waals surface area (Å²) in [5.74, 6) is 0.417. The normalized spacial score (nSPS) is 18.9. The van der Waals surface area contributed by atoms with Gasteiger partial charge in [-0.1, -0.05) is 66.7 Å². The first-order chi connectivity index (χ1) is 13.9. The van der Waals surface area contributed by atoms with Gasteiger partial charge in [-0.2, -0.15) is 0 Å². The van der Waals surface area contributed by atoms with Gasteiger partial charge in [-0.05, 0) is 47.0 Å². The molecule has 1 aliphatic heterocycles. The van der Waals surface area contributed by atoms with Crippen LogP contribution in [0.2, 0.25) is 0 Å². The van der Waals surface area contributed by atoms with Crippen molar-refractivity contribution < 1.29 is 0 Å². The summed E-state index contributed by atoms with van der Waals surface area (Å²) in [5.41, 5.74) is 8.99. The molecule has 2 heteroatoms. The number of anilines is 1. The topological polar surface area (TPSA) is 17.0 Å². The van der Waals surface area contributed by atoms with Gasteiger partial charge in [-0.25, -0.2) is 0 Å². The molecule has 28 heavy (non-hydrogen) atoms. The predicted molar refractivity (Wildman–Crippen MR) is 116 cm³/mol. The molecule has 0 bridgehead atoms. The van der Waals surface area contributed by atoms with Gasteiger partial charge in [0.05, 0.1) is 11.7 Å². The fourth-order valence-electron chi connectivity index (χ4n) is 4.61. The van der Waals surface area contributed by atoms with Crippen LogP contribution in [0.3, 0.4) is 0 Å². The van der Waals surface area contributed by atoms with Crippen LogP contribution in [-0.4, -0.2) is 4.57 Å². The summed E-state index contributed by atoms with van der Waals surface area (Å²) in [7, 11) is 0. The first kappa shape index (κ1) is 15.5. The number of benzene rings is 3. The fraction of sp³-hybridized carbons (Fsp3) is 0.0769. The summed E-state index contributed by atoms with van der Waals surface area (Å²) >= 11 is 0. The molecule has 2 atom stereocenters. The van der Waals surface area contributed by atoms with Gasteiger partial charge in [0.2, 0.25) is 0 Å². The molecule has 0 fully saturated rings. The number of fused-ring (bicyclic) bond motifs is 5. The molecule has 2 nitrogen and oxygen atoms in total. The van der Waals surface area contributed by atoms with Crippen LogP contribution < -0.4 is 5.32 Å². The Hall–Kier alpha value is -3.52. The standard InChI is InChI=1S/C26H20N2/c1-2-6-18(7-3-1)19-10-12-20(13-11-19)28-17-16-23-25(28)15-14-22-21-8-4-5-9-24(21)27-26(22)23/h1-17,22,26-27H. The second-order valence-corrected chi connectivity index (χ2v) is 7.53. The maximum absolute atomic E-state index is 3.72. The molecule has 2 aliphatic rings. The zero-order chi connectivity index (χ0) is 18.5. The summed E-state index contributed by atoms with van der Waals surface area (Å²) in [6, 6.07) is 30.6. The van der Waals surface area contributed by atoms with Crippen LogP contribution in [-0.2, 0) is 0 Å². The monoisotopic (exact) mass is 360 g/mol. The van der Waals surface area contributed by atoms with Crippen molar-refractivity contribution in [2.75, 3.05) is 5.32 Å². The maximum atomic E-state index is 3.72. The Morgan fingerprint density at radius 3 is 2.29 bits per heavy atom. The van der Waals surface area contributed by atoms with Crippen LogP contribution in [0.15, 0.2) is 97.2 Å². The predicted octanol–water partition coefficient (Wildman–Crippen LogP) is 6.42. The van der Waals surface area contributed by atoms with Crippen molar-refractivity contribution in [3.63, 3.8) is 0 Å². The highest BCUT2D eigenvalue weighted by molar-refractivity contribution is 5.71. The third-order valence-corrected chi connectivity index (χ3v) is 6.00. The van der Waals surface area contributed by atoms with Gasteiger partial charge in [0, 0.05) is 29.1 Å². The van der Waals surface area contributed by atoms with Gasteiger partial charge in [-0.3, -0.25) is 0 Å². The SMILES string of the molecule is C1=CC2c3ccccc3NC2c2ccn(-c3ccc(-c4ccccc4)cc3)c21. The molecule has 2 heterocycles. The lowest BCUT2D eigenvalue weighted by atomic mass is 9.86. The van der Waals surface area contributed by atoms with E-state index in [1.807, 2.05) is 0 Å². The van der Waals surface area contributed by atoms with Gasteiger partial charge in [0.25, 0.3) is 0 Å². The molecule has 6 rings (SSSR count). The Bertz CT molecular complexity index is 1180. The summed E-state index contributed by atoms with van der Waals surface area (Å²) < 4.78 is 2.29. The van der Waals surface area contributed by atoms with Crippen molar-refractivity contribution in [2.24, 2.45) is 0 Å². The van der Waals surface area contributed by atoms with Crippen LogP contribution in [0.4, 0.5) is 5.69 Å². The van der Waals surface area contributed by atoms with E-state index in [1.165, 1.54) is 39.3 Å². The largest absolute Gasteiger partial charge is 0.377 e. The van der Waals surface area contributed by atoms with E-state index < -0.39 is 0 Å². The Labute approximate surface area is 164 Å². The number of nitrogens with zero attached hydrogens (tertiary/aromatic N) is 1. The van der Waals surface area contributed by atoms with Crippen molar-refractivity contribution in [3.8, 4) is 16.8 Å². The average Bonchev–Trinajstić information content (AvgIpc) is 3.36. The number of para-hydroxylation sites is 1. The molecule has 4 aromatic rings. The van der Waals surface area contributed by atoms with E-state index in [0.29, 0.717) is 12.0 Å². The summed E-state index contributed by atoms with van der Waals surface area (Å²) in [6.45, 7) is 0. The highest BCUT2D eigenvalue weighted by atomic mass is 15.0. The Kier molecular flexibility index (Phi) is 3.33. The zero-order valence-corrected chi connectivity index (χ0v) is 15.4. The summed E-state index contributed by atoms with van der Waals surface area (Å²) in [5, 5.41) is 3.72. The number of aromatic nitrogens is 1. The van der Waals surface area contributed by atoms with Gasteiger partial charge in [0.1, 0.15) is 0 Å². The lowest BCUT2D eigenvalue weighted by Gasteiger charge is -2.23. The van der Waals surface area contributed by atoms with Gasteiger partial charge < -0.3 is 9.88 Å². The highest BCUT2D eigenvalue weighted by Gasteiger charge is 2.35. The van der Waals surface area contributed by atoms with Gasteiger partial charge >= 0.3 is 0 Å². The third kappa shape index (κ3) is 2.28. The lowest BCUT2D eigenvalue weighted by Crippen LogP contribution is -2.14. The van der Waals surface area contributed by atoms with Crippen LogP contribution in [0.25, 0.3) is 22.9 Å². The first-order valence-corrected chi connectivity index (χ1v) is 9.79. The summed E-state index contributed by atoms with van der Waals surface area (Å²) in [6.07, 6.45) is 6.83. The summed E-state index contributed by atoms with van der Waals surface area (Å²) in [4.78, 5) is 0. The van der Waals surface area contributed by atoms with E-state index in [0.717, 1.165) is 0 Å². The van der Waals surface area contributed by atoms with E-state index in [4.69, 9.17) is 0 Å². The smallest absolute Gasteiger partial charge is 0.0639 e. The minimum Gasteiger partial charge on any atom is -0.377 e. The lowest BCUT2D eigenvalue weighted by molar-refractivity contribution is 0.723.